The number of benzene rings is 2. The first-order chi connectivity index (χ1) is 8.92. The number of nitrogens with zero attached hydrogens (tertiary/aromatic N) is 4. The molecule has 3 rings (SSSR count). The summed E-state index contributed by atoms with van der Waals surface area (Å²) in [5.74, 6) is 0. The molecule has 0 radical (unpaired) electrons. The van der Waals surface area contributed by atoms with Crippen LogP contribution in [0.3, 0.4) is 0 Å². The van der Waals surface area contributed by atoms with Gasteiger partial charge in [-0.15, -0.1) is 10.2 Å². The molecule has 0 fully saturated rings. The van der Waals surface area contributed by atoms with Gasteiger partial charge < -0.3 is 0 Å². The van der Waals surface area contributed by atoms with Gasteiger partial charge in [0.1, 0.15) is 0 Å². The Morgan fingerprint density at radius 1 is 0.833 bits per heavy atom. The van der Waals surface area contributed by atoms with Crippen molar-refractivity contribution >= 4 is 0 Å². The van der Waals surface area contributed by atoms with Crippen LogP contribution in [0.4, 0.5) is 0 Å². The van der Waals surface area contributed by atoms with Gasteiger partial charge in [-0.1, -0.05) is 54.6 Å². The smallest absolute Gasteiger partial charge is 0.160 e. The Bertz CT molecular complexity index is 600. The van der Waals surface area contributed by atoms with Crippen molar-refractivity contribution in [3.8, 4) is 11.1 Å². The number of hydrogen-bond donors (Lipinski definition) is 0. The molecule has 1 heterocycles. The predicted octanol–water partition coefficient (Wildman–Crippen LogP) is 2.39. The third-order valence-electron chi connectivity index (χ3n) is 2.78. The van der Waals surface area contributed by atoms with E-state index in [1.165, 1.54) is 17.5 Å². The monoisotopic (exact) mass is 236 g/mol. The molecule has 2 aromatic carbocycles. The van der Waals surface area contributed by atoms with Gasteiger partial charge in [0.15, 0.2) is 6.33 Å². The van der Waals surface area contributed by atoms with Crippen molar-refractivity contribution in [2.75, 3.05) is 0 Å². The lowest BCUT2D eigenvalue weighted by Gasteiger charge is -2.03. The lowest BCUT2D eigenvalue weighted by atomic mass is 10.0. The average Bonchev–Trinajstić information content (AvgIpc) is 2.94. The molecule has 0 bridgehead atoms. The van der Waals surface area contributed by atoms with Crippen LogP contribution in [0.2, 0.25) is 0 Å². The summed E-state index contributed by atoms with van der Waals surface area (Å²) >= 11 is 0. The number of tetrazole rings is 1. The highest BCUT2D eigenvalue weighted by atomic mass is 15.6. The molecular formula is C14H12N4. The number of rotatable bonds is 3. The topological polar surface area (TPSA) is 43.6 Å². The first-order valence-corrected chi connectivity index (χ1v) is 5.77. The van der Waals surface area contributed by atoms with E-state index < -0.39 is 0 Å². The third kappa shape index (κ3) is 2.27. The molecule has 0 unspecified atom stereocenters. The summed E-state index contributed by atoms with van der Waals surface area (Å²) in [5.41, 5.74) is 3.60. The minimum Gasteiger partial charge on any atom is -0.160 e. The van der Waals surface area contributed by atoms with Crippen LogP contribution >= 0.6 is 0 Å². The molecule has 88 valence electrons. The highest BCUT2D eigenvalue weighted by Crippen LogP contribution is 2.19. The summed E-state index contributed by atoms with van der Waals surface area (Å²) in [5, 5.41) is 11.5. The molecule has 4 heteroatoms. The van der Waals surface area contributed by atoms with Crippen molar-refractivity contribution in [2.24, 2.45) is 0 Å². The number of hydrogen-bond acceptors (Lipinski definition) is 3. The Balaban J connectivity index is 1.81. The fraction of sp³-hybridized carbons (Fsp3) is 0.0714. The van der Waals surface area contributed by atoms with E-state index in [2.05, 4.69) is 51.8 Å². The Hall–Kier alpha value is -2.49. The molecule has 0 spiro atoms. The number of aromatic nitrogens is 4. The minimum absolute atomic E-state index is 0.648. The normalized spacial score (nSPS) is 10.4. The van der Waals surface area contributed by atoms with E-state index in [1.54, 1.807) is 4.80 Å². The maximum atomic E-state index is 3.99. The Labute approximate surface area is 105 Å². The quantitative estimate of drug-likeness (QED) is 0.701. The first-order valence-electron chi connectivity index (χ1n) is 5.77. The van der Waals surface area contributed by atoms with Gasteiger partial charge in [-0.05, 0) is 21.9 Å². The van der Waals surface area contributed by atoms with Gasteiger partial charge >= 0.3 is 0 Å². The van der Waals surface area contributed by atoms with Gasteiger partial charge in [-0.2, -0.15) is 4.80 Å². The van der Waals surface area contributed by atoms with Crippen LogP contribution in [-0.2, 0) is 6.54 Å². The van der Waals surface area contributed by atoms with Crippen LogP contribution in [0.1, 0.15) is 5.56 Å². The van der Waals surface area contributed by atoms with Gasteiger partial charge in [0.05, 0.1) is 6.54 Å². The molecule has 18 heavy (non-hydrogen) atoms. The molecule has 4 nitrogen and oxygen atoms in total. The average molecular weight is 236 g/mol. The summed E-state index contributed by atoms with van der Waals surface area (Å²) in [6, 6.07) is 18.7. The summed E-state index contributed by atoms with van der Waals surface area (Å²) in [6.07, 6.45) is 1.44. The Morgan fingerprint density at radius 3 is 2.22 bits per heavy atom. The zero-order valence-corrected chi connectivity index (χ0v) is 9.77. The zero-order chi connectivity index (χ0) is 12.2. The van der Waals surface area contributed by atoms with Crippen molar-refractivity contribution in [3.63, 3.8) is 0 Å². The maximum absolute atomic E-state index is 3.99. The summed E-state index contributed by atoms with van der Waals surface area (Å²) in [4.78, 5) is 1.57. The van der Waals surface area contributed by atoms with E-state index in [4.69, 9.17) is 0 Å². The lowest BCUT2D eigenvalue weighted by Crippen LogP contribution is -2.03. The summed E-state index contributed by atoms with van der Waals surface area (Å²) in [6.45, 7) is 0.648. The van der Waals surface area contributed by atoms with Crippen LogP contribution in [0, 0.1) is 0 Å². The van der Waals surface area contributed by atoms with Crippen LogP contribution in [0.15, 0.2) is 60.9 Å². The molecule has 0 saturated carbocycles. The van der Waals surface area contributed by atoms with E-state index in [9.17, 15) is 0 Å². The van der Waals surface area contributed by atoms with Gasteiger partial charge in [0, 0.05) is 0 Å². The van der Waals surface area contributed by atoms with E-state index in [0.29, 0.717) is 6.54 Å². The van der Waals surface area contributed by atoms with E-state index in [0.717, 1.165) is 5.56 Å². The second kappa shape index (κ2) is 4.79. The Kier molecular flexibility index (Phi) is 2.84. The largest absolute Gasteiger partial charge is 0.162 e. The van der Waals surface area contributed by atoms with Crippen LogP contribution in [0.25, 0.3) is 11.1 Å². The van der Waals surface area contributed by atoms with E-state index in [-0.39, 0.29) is 0 Å². The molecule has 0 aliphatic rings. The van der Waals surface area contributed by atoms with Crippen molar-refractivity contribution in [1.29, 1.82) is 0 Å². The highest BCUT2D eigenvalue weighted by Gasteiger charge is 1.99. The lowest BCUT2D eigenvalue weighted by molar-refractivity contribution is 0.572. The minimum atomic E-state index is 0.648. The van der Waals surface area contributed by atoms with Gasteiger partial charge in [-0.3, -0.25) is 0 Å². The third-order valence-corrected chi connectivity index (χ3v) is 2.78. The molecule has 0 aliphatic heterocycles. The van der Waals surface area contributed by atoms with Crippen LogP contribution in [0.5, 0.6) is 0 Å². The van der Waals surface area contributed by atoms with E-state index >= 15 is 0 Å². The van der Waals surface area contributed by atoms with Crippen LogP contribution in [-0.4, -0.2) is 20.2 Å². The van der Waals surface area contributed by atoms with Gasteiger partial charge in [0.2, 0.25) is 0 Å². The molecule has 0 N–H and O–H groups in total. The van der Waals surface area contributed by atoms with Gasteiger partial charge in [0.25, 0.3) is 0 Å². The second-order valence-electron chi connectivity index (χ2n) is 4.03. The van der Waals surface area contributed by atoms with E-state index in [1.807, 2.05) is 18.2 Å². The molecule has 0 atom stereocenters. The van der Waals surface area contributed by atoms with Crippen molar-refractivity contribution < 1.29 is 0 Å². The molecule has 1 aromatic heterocycles. The van der Waals surface area contributed by atoms with Gasteiger partial charge in [-0.25, -0.2) is 0 Å². The fourth-order valence-corrected chi connectivity index (χ4v) is 1.86. The summed E-state index contributed by atoms with van der Waals surface area (Å²) in [7, 11) is 0. The van der Waals surface area contributed by atoms with Crippen molar-refractivity contribution in [1.82, 2.24) is 20.2 Å². The fourth-order valence-electron chi connectivity index (χ4n) is 1.86. The zero-order valence-electron chi connectivity index (χ0n) is 9.77. The molecule has 0 amide bonds. The van der Waals surface area contributed by atoms with Crippen molar-refractivity contribution in [2.45, 2.75) is 6.54 Å². The SMILES string of the molecule is c1ccc(-c2ccc(Cn3ncnn3)cc2)cc1. The van der Waals surface area contributed by atoms with Crippen LogP contribution < -0.4 is 0 Å². The highest BCUT2D eigenvalue weighted by molar-refractivity contribution is 5.63. The molecular weight excluding hydrogens is 224 g/mol. The first kappa shape index (κ1) is 10.7. The predicted molar refractivity (Wildman–Crippen MR) is 68.8 cm³/mol. The molecule has 3 aromatic rings. The summed E-state index contributed by atoms with van der Waals surface area (Å²) < 4.78 is 0. The molecule has 0 saturated heterocycles. The Morgan fingerprint density at radius 2 is 1.56 bits per heavy atom. The second-order valence-corrected chi connectivity index (χ2v) is 4.03. The molecule has 0 aliphatic carbocycles. The standard InChI is InChI=1S/C14H12N4/c1-2-4-13(5-3-1)14-8-6-12(7-9-14)10-18-16-11-15-17-18/h1-9,11H,10H2. The maximum Gasteiger partial charge on any atom is 0.162 e. The van der Waals surface area contributed by atoms with Crippen molar-refractivity contribution in [3.05, 3.63) is 66.5 Å².